The van der Waals surface area contributed by atoms with Crippen molar-refractivity contribution in [1.82, 2.24) is 4.98 Å². The monoisotopic (exact) mass is 421 g/mol. The number of aromatic nitrogens is 1. The Hall–Kier alpha value is -3.83. The Bertz CT molecular complexity index is 1480. The number of fused-ring (bicyclic) bond motifs is 3. The van der Waals surface area contributed by atoms with Crippen molar-refractivity contribution in [3.8, 4) is 11.5 Å². The second-order valence-corrected chi connectivity index (χ2v) is 8.73. The minimum atomic E-state index is -0.232. The van der Waals surface area contributed by atoms with Crippen LogP contribution in [0.5, 0.6) is 0 Å². The van der Waals surface area contributed by atoms with Gasteiger partial charge >= 0.3 is 0 Å². The van der Waals surface area contributed by atoms with Gasteiger partial charge in [0, 0.05) is 27.6 Å². The molecular formula is C26H15NO3S. The Kier molecular flexibility index (Phi) is 3.82. The highest BCUT2D eigenvalue weighted by molar-refractivity contribution is 7.19. The summed E-state index contributed by atoms with van der Waals surface area (Å²) in [5.41, 5.74) is 3.86. The van der Waals surface area contributed by atoms with E-state index in [9.17, 15) is 9.59 Å². The van der Waals surface area contributed by atoms with Gasteiger partial charge in [-0.2, -0.15) is 4.98 Å². The molecule has 31 heavy (non-hydrogen) atoms. The molecule has 0 spiro atoms. The van der Waals surface area contributed by atoms with Gasteiger partial charge in [0.2, 0.25) is 5.89 Å². The molecule has 0 fully saturated rings. The summed E-state index contributed by atoms with van der Waals surface area (Å²) in [6.07, 6.45) is 1.66. The Morgan fingerprint density at radius 2 is 1.52 bits per heavy atom. The second kappa shape index (κ2) is 6.59. The lowest BCUT2D eigenvalue weighted by Gasteiger charge is -2.00. The van der Waals surface area contributed by atoms with E-state index in [0.29, 0.717) is 22.6 Å². The van der Waals surface area contributed by atoms with E-state index in [4.69, 9.17) is 4.42 Å². The summed E-state index contributed by atoms with van der Waals surface area (Å²) in [7, 11) is 0. The molecule has 0 saturated carbocycles. The highest BCUT2D eigenvalue weighted by atomic mass is 32.1. The quantitative estimate of drug-likeness (QED) is 0.242. The maximum Gasteiger partial charge on any atom is 0.228 e. The number of ketones is 2. The van der Waals surface area contributed by atoms with Crippen LogP contribution < -0.4 is 0 Å². The number of nitrogens with zero attached hydrogens (tertiary/aromatic N) is 1. The third-order valence-corrected chi connectivity index (χ3v) is 6.52. The number of rotatable bonds is 2. The number of carbonyl (C=O) groups excluding carboxylic acids is 2. The molecule has 0 bridgehead atoms. The molecule has 0 amide bonds. The molecule has 2 aromatic heterocycles. The van der Waals surface area contributed by atoms with Gasteiger partial charge in [-0.25, -0.2) is 0 Å². The largest absolute Gasteiger partial charge is 0.435 e. The van der Waals surface area contributed by atoms with Crippen molar-refractivity contribution in [2.45, 2.75) is 6.92 Å². The summed E-state index contributed by atoms with van der Waals surface area (Å²) in [6, 6.07) is 21.2. The van der Waals surface area contributed by atoms with Crippen molar-refractivity contribution in [3.63, 3.8) is 0 Å². The lowest BCUT2D eigenvalue weighted by molar-refractivity contribution is 0.0990. The third-order valence-electron chi connectivity index (χ3n) is 5.56. The van der Waals surface area contributed by atoms with Gasteiger partial charge in [0.1, 0.15) is 0 Å². The van der Waals surface area contributed by atoms with Crippen LogP contribution in [0.1, 0.15) is 31.2 Å². The zero-order valence-electron chi connectivity index (χ0n) is 16.5. The molecule has 0 saturated heterocycles. The fourth-order valence-corrected chi connectivity index (χ4v) is 4.82. The van der Waals surface area contributed by atoms with Crippen molar-refractivity contribution < 1.29 is 14.0 Å². The van der Waals surface area contributed by atoms with Gasteiger partial charge in [-0.3, -0.25) is 9.59 Å². The standard InChI is InChI=1S/C26H15NO3S/c1-14-6-8-15(9-7-14)25-27-26-22(30-25)13-18(31-26)12-21-23(28)19-10-16-4-2-3-5-17(16)11-20(19)24(21)29/h2-13H,1H3. The molecule has 5 heteroatoms. The summed E-state index contributed by atoms with van der Waals surface area (Å²) in [5.74, 6) is 0.0979. The molecule has 0 unspecified atom stereocenters. The Morgan fingerprint density at radius 1 is 0.871 bits per heavy atom. The molecule has 5 aromatic rings. The van der Waals surface area contributed by atoms with Crippen LogP contribution in [0.4, 0.5) is 0 Å². The van der Waals surface area contributed by atoms with Crippen molar-refractivity contribution in [2.24, 2.45) is 0 Å². The molecule has 1 aliphatic rings. The molecule has 148 valence electrons. The number of aryl methyl sites for hydroxylation is 1. The van der Waals surface area contributed by atoms with Crippen molar-refractivity contribution in [1.29, 1.82) is 0 Å². The minimum Gasteiger partial charge on any atom is -0.435 e. The van der Waals surface area contributed by atoms with Gasteiger partial charge in [-0.1, -0.05) is 42.0 Å². The second-order valence-electron chi connectivity index (χ2n) is 7.66. The molecule has 3 aromatic carbocycles. The van der Waals surface area contributed by atoms with Crippen molar-refractivity contribution in [3.05, 3.63) is 93.9 Å². The number of thiophene rings is 1. The summed E-state index contributed by atoms with van der Waals surface area (Å²) < 4.78 is 5.91. The Labute approximate surface area is 181 Å². The van der Waals surface area contributed by atoms with Crippen LogP contribution in [0.25, 0.3) is 38.7 Å². The zero-order chi connectivity index (χ0) is 21.1. The molecule has 6 rings (SSSR count). The predicted molar refractivity (Wildman–Crippen MR) is 123 cm³/mol. The van der Waals surface area contributed by atoms with Gasteiger partial charge in [0.05, 0.1) is 5.57 Å². The van der Waals surface area contributed by atoms with Crippen LogP contribution >= 0.6 is 11.3 Å². The fourth-order valence-electron chi connectivity index (χ4n) is 3.93. The maximum absolute atomic E-state index is 13.0. The number of Topliss-reactive ketones (excluding diaryl/α,β-unsaturated/α-hetero) is 2. The zero-order valence-corrected chi connectivity index (χ0v) is 17.3. The molecular weight excluding hydrogens is 406 g/mol. The molecule has 2 heterocycles. The summed E-state index contributed by atoms with van der Waals surface area (Å²) in [5, 5.41) is 1.90. The summed E-state index contributed by atoms with van der Waals surface area (Å²) >= 11 is 1.40. The topological polar surface area (TPSA) is 60.2 Å². The van der Waals surface area contributed by atoms with E-state index in [-0.39, 0.29) is 17.1 Å². The number of carbonyl (C=O) groups is 2. The minimum absolute atomic E-state index is 0.188. The lowest BCUT2D eigenvalue weighted by atomic mass is 10.0. The van der Waals surface area contributed by atoms with E-state index < -0.39 is 0 Å². The van der Waals surface area contributed by atoms with Crippen molar-refractivity contribution in [2.75, 3.05) is 0 Å². The molecule has 0 atom stereocenters. The van der Waals surface area contributed by atoms with Crippen LogP contribution in [0.3, 0.4) is 0 Å². The van der Waals surface area contributed by atoms with Gasteiger partial charge in [-0.15, -0.1) is 11.3 Å². The average molecular weight is 421 g/mol. The van der Waals surface area contributed by atoms with E-state index in [0.717, 1.165) is 26.0 Å². The van der Waals surface area contributed by atoms with Gasteiger partial charge in [-0.05, 0) is 48.0 Å². The van der Waals surface area contributed by atoms with Crippen LogP contribution in [0.15, 0.2) is 76.7 Å². The Morgan fingerprint density at radius 3 is 2.13 bits per heavy atom. The molecule has 1 aliphatic carbocycles. The first kappa shape index (κ1) is 18.0. The normalized spacial score (nSPS) is 13.4. The van der Waals surface area contributed by atoms with Gasteiger partial charge < -0.3 is 4.42 Å². The first-order chi connectivity index (χ1) is 15.1. The highest BCUT2D eigenvalue weighted by Gasteiger charge is 2.33. The first-order valence-corrected chi connectivity index (χ1v) is 10.7. The van der Waals surface area contributed by atoms with E-state index in [1.54, 1.807) is 18.2 Å². The average Bonchev–Trinajstić information content (AvgIpc) is 3.40. The van der Waals surface area contributed by atoms with Crippen LogP contribution in [-0.4, -0.2) is 16.6 Å². The molecule has 4 nitrogen and oxygen atoms in total. The van der Waals surface area contributed by atoms with Crippen LogP contribution in [0, 0.1) is 6.92 Å². The van der Waals surface area contributed by atoms with Gasteiger partial charge in [0.25, 0.3) is 0 Å². The van der Waals surface area contributed by atoms with E-state index in [1.165, 1.54) is 16.9 Å². The summed E-state index contributed by atoms with van der Waals surface area (Å²) in [4.78, 5) is 32.0. The van der Waals surface area contributed by atoms with Crippen LogP contribution in [-0.2, 0) is 0 Å². The molecule has 0 N–H and O–H groups in total. The predicted octanol–water partition coefficient (Wildman–Crippen LogP) is 6.48. The number of benzene rings is 3. The summed E-state index contributed by atoms with van der Waals surface area (Å²) in [6.45, 7) is 2.03. The van der Waals surface area contributed by atoms with Crippen LogP contribution in [0.2, 0.25) is 0 Å². The first-order valence-electron chi connectivity index (χ1n) is 9.88. The van der Waals surface area contributed by atoms with E-state index in [1.807, 2.05) is 61.5 Å². The lowest BCUT2D eigenvalue weighted by Crippen LogP contribution is -1.99. The number of allylic oxidation sites excluding steroid dienone is 1. The maximum atomic E-state index is 13.0. The molecule has 0 aliphatic heterocycles. The number of oxazole rings is 1. The number of hydrogen-bond acceptors (Lipinski definition) is 5. The molecule has 0 radical (unpaired) electrons. The van der Waals surface area contributed by atoms with Crippen molar-refractivity contribution >= 4 is 50.2 Å². The fraction of sp³-hybridized carbons (Fsp3) is 0.0385. The third kappa shape index (κ3) is 2.86. The van der Waals surface area contributed by atoms with E-state index >= 15 is 0 Å². The highest BCUT2D eigenvalue weighted by Crippen LogP contribution is 2.35. The number of hydrogen-bond donors (Lipinski definition) is 0. The Balaban J connectivity index is 1.38. The SMILES string of the molecule is Cc1ccc(-c2nc3sc(C=C4C(=O)c5cc6ccccc6cc5C4=O)cc3o2)cc1. The van der Waals surface area contributed by atoms with E-state index in [2.05, 4.69) is 4.98 Å². The smallest absolute Gasteiger partial charge is 0.228 e. The van der Waals surface area contributed by atoms with Gasteiger partial charge in [0.15, 0.2) is 22.0 Å².